The molecule has 1 saturated heterocycles. The van der Waals surface area contributed by atoms with Gasteiger partial charge >= 0.3 is 0 Å². The average Bonchev–Trinajstić information content (AvgIpc) is 2.92. The lowest BCUT2D eigenvalue weighted by atomic mass is 10.1. The lowest BCUT2D eigenvalue weighted by molar-refractivity contribution is 0.180. The third kappa shape index (κ3) is 7.63. The van der Waals surface area contributed by atoms with Gasteiger partial charge in [-0.1, -0.05) is 18.6 Å². The molecule has 1 fully saturated rings. The molecule has 0 spiro atoms. The van der Waals surface area contributed by atoms with Crippen LogP contribution in [-0.4, -0.2) is 70.0 Å². The third-order valence-electron chi connectivity index (χ3n) is 6.37. The summed E-state index contributed by atoms with van der Waals surface area (Å²) in [6.07, 6.45) is 5.73. The SMILES string of the molecule is COc1cc(Nc2ncc(F)c(Nc3cccc(C)c3NS(C)(=O)=O)n2)cc(OCCN2CCCCC2)c1OC. The fourth-order valence-corrected chi connectivity index (χ4v) is 5.08. The number of halogens is 1. The van der Waals surface area contributed by atoms with E-state index in [1.807, 2.05) is 0 Å². The van der Waals surface area contributed by atoms with E-state index in [0.717, 1.165) is 32.1 Å². The fraction of sp³-hybridized carbons (Fsp3) is 0.407. The van der Waals surface area contributed by atoms with Gasteiger partial charge in [0.05, 0.1) is 38.0 Å². The van der Waals surface area contributed by atoms with Gasteiger partial charge in [0.1, 0.15) is 6.61 Å². The zero-order valence-electron chi connectivity index (χ0n) is 23.1. The van der Waals surface area contributed by atoms with Gasteiger partial charge in [-0.3, -0.25) is 9.62 Å². The summed E-state index contributed by atoms with van der Waals surface area (Å²) in [6.45, 7) is 5.15. The molecule has 2 aromatic carbocycles. The van der Waals surface area contributed by atoms with Crippen LogP contribution in [0.15, 0.2) is 36.5 Å². The predicted molar refractivity (Wildman–Crippen MR) is 154 cm³/mol. The molecule has 0 amide bonds. The van der Waals surface area contributed by atoms with E-state index in [2.05, 4.69) is 30.2 Å². The van der Waals surface area contributed by atoms with Crippen molar-refractivity contribution in [2.45, 2.75) is 26.2 Å². The van der Waals surface area contributed by atoms with Crippen molar-refractivity contribution in [3.8, 4) is 17.2 Å². The Kier molecular flexibility index (Phi) is 9.48. The molecule has 3 aromatic rings. The van der Waals surface area contributed by atoms with Crippen LogP contribution < -0.4 is 29.6 Å². The van der Waals surface area contributed by atoms with Crippen LogP contribution in [0.25, 0.3) is 0 Å². The minimum atomic E-state index is -3.57. The first kappa shape index (κ1) is 29.2. The summed E-state index contributed by atoms with van der Waals surface area (Å²) in [5.74, 6) is 0.625. The smallest absolute Gasteiger partial charge is 0.229 e. The van der Waals surface area contributed by atoms with Crippen molar-refractivity contribution in [2.24, 2.45) is 0 Å². The number of likely N-dealkylation sites (tertiary alicyclic amines) is 1. The van der Waals surface area contributed by atoms with E-state index in [0.29, 0.717) is 46.5 Å². The van der Waals surface area contributed by atoms with E-state index >= 15 is 0 Å². The second kappa shape index (κ2) is 13.0. The Labute approximate surface area is 234 Å². The van der Waals surface area contributed by atoms with Crippen molar-refractivity contribution in [1.29, 1.82) is 0 Å². The van der Waals surface area contributed by atoms with Gasteiger partial charge < -0.3 is 24.8 Å². The van der Waals surface area contributed by atoms with Crippen LogP contribution in [0, 0.1) is 12.7 Å². The highest BCUT2D eigenvalue weighted by Gasteiger charge is 2.18. The summed E-state index contributed by atoms with van der Waals surface area (Å²) in [7, 11) is -0.498. The fourth-order valence-electron chi connectivity index (χ4n) is 4.44. The Morgan fingerprint density at radius 1 is 1.05 bits per heavy atom. The van der Waals surface area contributed by atoms with Crippen molar-refractivity contribution < 1.29 is 27.0 Å². The topological polar surface area (TPSA) is 127 Å². The first-order chi connectivity index (χ1) is 19.2. The van der Waals surface area contributed by atoms with E-state index in [9.17, 15) is 12.8 Å². The normalized spacial score (nSPS) is 13.9. The Balaban J connectivity index is 1.55. The van der Waals surface area contributed by atoms with Crippen molar-refractivity contribution in [3.05, 3.63) is 47.9 Å². The summed E-state index contributed by atoms with van der Waals surface area (Å²) in [6, 6.07) is 8.53. The van der Waals surface area contributed by atoms with Crippen LogP contribution in [0.5, 0.6) is 17.2 Å². The first-order valence-corrected chi connectivity index (χ1v) is 14.8. The zero-order valence-corrected chi connectivity index (χ0v) is 23.9. The number of anilines is 5. The monoisotopic (exact) mass is 574 g/mol. The number of nitrogens with one attached hydrogen (secondary N) is 3. The van der Waals surface area contributed by atoms with Gasteiger partial charge in [-0.25, -0.2) is 17.8 Å². The molecule has 3 N–H and O–H groups in total. The maximum atomic E-state index is 14.7. The van der Waals surface area contributed by atoms with Gasteiger partial charge in [-0.15, -0.1) is 0 Å². The molecule has 40 heavy (non-hydrogen) atoms. The summed E-state index contributed by atoms with van der Waals surface area (Å²) in [5.41, 5.74) is 1.83. The summed E-state index contributed by atoms with van der Waals surface area (Å²) < 4.78 is 58.1. The number of para-hydroxylation sites is 1. The molecular formula is C27H35FN6O5S. The third-order valence-corrected chi connectivity index (χ3v) is 6.95. The number of benzene rings is 2. The van der Waals surface area contributed by atoms with Crippen LogP contribution >= 0.6 is 0 Å². The van der Waals surface area contributed by atoms with Crippen LogP contribution in [0.2, 0.25) is 0 Å². The number of aromatic nitrogens is 2. The average molecular weight is 575 g/mol. The number of methoxy groups -OCH3 is 2. The van der Waals surface area contributed by atoms with Gasteiger partial charge in [0.2, 0.25) is 21.7 Å². The molecule has 1 aliphatic rings. The Hall–Kier alpha value is -3.84. The minimum absolute atomic E-state index is 0.0978. The molecule has 216 valence electrons. The number of hydrogen-bond donors (Lipinski definition) is 3. The second-order valence-corrected chi connectivity index (χ2v) is 11.2. The van der Waals surface area contributed by atoms with Crippen molar-refractivity contribution in [3.63, 3.8) is 0 Å². The maximum Gasteiger partial charge on any atom is 0.229 e. The molecule has 1 aromatic heterocycles. The van der Waals surface area contributed by atoms with Gasteiger partial charge in [0.25, 0.3) is 0 Å². The van der Waals surface area contributed by atoms with Gasteiger partial charge in [-0.05, 0) is 44.5 Å². The standard InChI is InChI=1S/C27H35FN6O5S/c1-18-9-8-10-21(24(18)33-40(4,35)36)31-26-20(28)17-29-27(32-26)30-19-15-22(37-2)25(38-3)23(16-19)39-14-13-34-11-6-5-7-12-34/h8-10,15-17,33H,5-7,11-14H2,1-4H3,(H2,29,30,31,32). The molecule has 4 rings (SSSR count). The molecule has 0 aliphatic carbocycles. The van der Waals surface area contributed by atoms with Crippen LogP contribution in [0.4, 0.5) is 33.2 Å². The number of sulfonamides is 1. The molecule has 11 nitrogen and oxygen atoms in total. The number of nitrogens with zero attached hydrogens (tertiary/aromatic N) is 3. The van der Waals surface area contributed by atoms with E-state index in [1.165, 1.54) is 26.4 Å². The summed E-state index contributed by atoms with van der Waals surface area (Å²) in [5, 5.41) is 5.94. The maximum absolute atomic E-state index is 14.7. The van der Waals surface area contributed by atoms with Crippen LogP contribution in [0.1, 0.15) is 24.8 Å². The zero-order chi connectivity index (χ0) is 28.7. The van der Waals surface area contributed by atoms with E-state index in [4.69, 9.17) is 14.2 Å². The number of aryl methyl sites for hydroxylation is 1. The van der Waals surface area contributed by atoms with E-state index in [1.54, 1.807) is 44.4 Å². The summed E-state index contributed by atoms with van der Waals surface area (Å²) >= 11 is 0. The minimum Gasteiger partial charge on any atom is -0.493 e. The second-order valence-electron chi connectivity index (χ2n) is 9.47. The Bertz CT molecular complexity index is 1430. The molecular weight excluding hydrogens is 539 g/mol. The Morgan fingerprint density at radius 2 is 1.80 bits per heavy atom. The van der Waals surface area contributed by atoms with Crippen LogP contribution in [0.3, 0.4) is 0 Å². The lowest BCUT2D eigenvalue weighted by Gasteiger charge is -2.26. The Morgan fingerprint density at radius 3 is 2.50 bits per heavy atom. The quantitative estimate of drug-likeness (QED) is 0.281. The number of rotatable bonds is 12. The lowest BCUT2D eigenvalue weighted by Crippen LogP contribution is -2.33. The molecule has 0 unspecified atom stereocenters. The van der Waals surface area contributed by atoms with E-state index in [-0.39, 0.29) is 11.8 Å². The highest BCUT2D eigenvalue weighted by molar-refractivity contribution is 7.92. The first-order valence-electron chi connectivity index (χ1n) is 12.9. The van der Waals surface area contributed by atoms with Gasteiger partial charge in [0.15, 0.2) is 23.1 Å². The van der Waals surface area contributed by atoms with Crippen LogP contribution in [-0.2, 0) is 10.0 Å². The van der Waals surface area contributed by atoms with Gasteiger partial charge in [0, 0.05) is 24.4 Å². The number of piperidine rings is 1. The molecule has 0 atom stereocenters. The highest BCUT2D eigenvalue weighted by Crippen LogP contribution is 2.41. The molecule has 1 aliphatic heterocycles. The van der Waals surface area contributed by atoms with Crippen molar-refractivity contribution in [2.75, 3.05) is 62.1 Å². The van der Waals surface area contributed by atoms with E-state index < -0.39 is 15.8 Å². The summed E-state index contributed by atoms with van der Waals surface area (Å²) in [4.78, 5) is 10.7. The predicted octanol–water partition coefficient (Wildman–Crippen LogP) is 4.66. The number of hydrogen-bond acceptors (Lipinski definition) is 10. The highest BCUT2D eigenvalue weighted by atomic mass is 32.2. The molecule has 2 heterocycles. The number of ether oxygens (including phenoxy) is 3. The molecule has 0 saturated carbocycles. The molecule has 0 bridgehead atoms. The largest absolute Gasteiger partial charge is 0.493 e. The van der Waals surface area contributed by atoms with Crippen molar-refractivity contribution in [1.82, 2.24) is 14.9 Å². The molecule has 0 radical (unpaired) electrons. The van der Waals surface area contributed by atoms with Gasteiger partial charge in [-0.2, -0.15) is 4.98 Å². The van der Waals surface area contributed by atoms with Crippen molar-refractivity contribution >= 4 is 38.9 Å². The molecule has 13 heteroatoms.